The molecule has 0 N–H and O–H groups in total. The summed E-state index contributed by atoms with van der Waals surface area (Å²) in [5.41, 5.74) is 0. The zero-order valence-electron chi connectivity index (χ0n) is 6.64. The normalized spacial score (nSPS) is 9.80. The Morgan fingerprint density at radius 2 is 2.20 bits per heavy atom. The first kappa shape index (κ1) is 9.88. The van der Waals surface area contributed by atoms with Gasteiger partial charge in [-0.25, -0.2) is 0 Å². The van der Waals surface area contributed by atoms with Crippen molar-refractivity contribution in [3.63, 3.8) is 0 Å². The Labute approximate surface area is 65.2 Å². The monoisotopic (exact) mass is 158 g/mol. The molecular weight excluding hydrogens is 144 g/mol. The summed E-state index contributed by atoms with van der Waals surface area (Å²) >= 11 is 0. The summed E-state index contributed by atoms with van der Waals surface area (Å²) in [4.78, 5) is 0. The van der Waals surface area contributed by atoms with Gasteiger partial charge in [0.15, 0.2) is 0 Å². The van der Waals surface area contributed by atoms with Gasteiger partial charge >= 0.3 is 0 Å². The summed E-state index contributed by atoms with van der Waals surface area (Å²) in [7, 11) is 0.425. The maximum Gasteiger partial charge on any atom is 0.263 e. The van der Waals surface area contributed by atoms with Gasteiger partial charge in [-0.2, -0.15) is 0 Å². The third-order valence-corrected chi connectivity index (χ3v) is 1.48. The van der Waals surface area contributed by atoms with Crippen molar-refractivity contribution >= 4 is 9.76 Å². The van der Waals surface area contributed by atoms with E-state index in [1.54, 1.807) is 0 Å². The van der Waals surface area contributed by atoms with Crippen molar-refractivity contribution in [3.05, 3.63) is 11.8 Å². The van der Waals surface area contributed by atoms with Gasteiger partial charge in [0, 0.05) is 6.61 Å². The minimum Gasteiger partial charge on any atom is -0.409 e. The smallest absolute Gasteiger partial charge is 0.263 e. The molecule has 0 aromatic carbocycles. The topological polar surface area (TPSA) is 18.5 Å². The Kier molecular flexibility index (Phi) is 6.90. The summed E-state index contributed by atoms with van der Waals surface area (Å²) in [5.74, 6) is 0. The molecule has 0 amide bonds. The molecule has 0 saturated heterocycles. The summed E-state index contributed by atoms with van der Waals surface area (Å²) in [5, 5.41) is 1.08. The van der Waals surface area contributed by atoms with Crippen molar-refractivity contribution in [3.8, 4) is 0 Å². The molecule has 2 nitrogen and oxygen atoms in total. The molecule has 0 aromatic heterocycles. The van der Waals surface area contributed by atoms with E-state index in [1.807, 2.05) is 13.8 Å². The van der Waals surface area contributed by atoms with Crippen molar-refractivity contribution in [2.24, 2.45) is 0 Å². The Morgan fingerprint density at radius 1 is 1.50 bits per heavy atom. The Morgan fingerprint density at radius 3 is 2.70 bits per heavy atom. The number of allylic oxidation sites excluding steroid dienone is 1. The van der Waals surface area contributed by atoms with Gasteiger partial charge in [0.05, 0.1) is 13.2 Å². The van der Waals surface area contributed by atoms with Crippen molar-refractivity contribution in [2.45, 2.75) is 13.8 Å². The second kappa shape index (κ2) is 6.99. The van der Waals surface area contributed by atoms with Crippen LogP contribution >= 0.6 is 0 Å². The summed E-state index contributed by atoms with van der Waals surface area (Å²) in [6.45, 7) is 9.78. The summed E-state index contributed by atoms with van der Waals surface area (Å²) in [6, 6.07) is 0. The van der Waals surface area contributed by atoms with E-state index in [1.165, 1.54) is 0 Å². The molecule has 0 rings (SSSR count). The summed E-state index contributed by atoms with van der Waals surface area (Å²) < 4.78 is 10.3. The van der Waals surface area contributed by atoms with Crippen molar-refractivity contribution < 1.29 is 9.16 Å². The molecule has 58 valence electrons. The first-order chi connectivity index (χ1) is 4.77. The SMILES string of the molecule is C=C(C)[Si]OCCOCC. The lowest BCUT2D eigenvalue weighted by atomic mass is 10.7. The maximum absolute atomic E-state index is 5.20. The Hall–Kier alpha value is -0.123. The first-order valence-electron chi connectivity index (χ1n) is 3.38. The van der Waals surface area contributed by atoms with Gasteiger partial charge in [-0.1, -0.05) is 5.20 Å². The van der Waals surface area contributed by atoms with Crippen LogP contribution < -0.4 is 0 Å². The van der Waals surface area contributed by atoms with E-state index >= 15 is 0 Å². The average molecular weight is 158 g/mol. The standard InChI is InChI=1S/C7H14O2Si/c1-4-8-5-6-9-10-7(2)3/h2,4-6H2,1,3H3. The molecule has 0 aliphatic carbocycles. The van der Waals surface area contributed by atoms with Crippen molar-refractivity contribution in [2.75, 3.05) is 19.8 Å². The minimum atomic E-state index is 0.425. The highest BCUT2D eigenvalue weighted by molar-refractivity contribution is 6.37. The molecule has 0 aromatic rings. The van der Waals surface area contributed by atoms with E-state index in [-0.39, 0.29) is 0 Å². The Bertz CT molecular complexity index is 93.6. The number of rotatable bonds is 6. The molecule has 0 spiro atoms. The number of hydrogen-bond donors (Lipinski definition) is 0. The van der Waals surface area contributed by atoms with Crippen molar-refractivity contribution in [1.29, 1.82) is 0 Å². The van der Waals surface area contributed by atoms with E-state index in [4.69, 9.17) is 9.16 Å². The van der Waals surface area contributed by atoms with Gasteiger partial charge in [-0.15, -0.1) is 6.58 Å². The van der Waals surface area contributed by atoms with Crippen LogP contribution in [0.15, 0.2) is 11.8 Å². The van der Waals surface area contributed by atoms with E-state index < -0.39 is 0 Å². The van der Waals surface area contributed by atoms with Crippen LogP contribution in [0.1, 0.15) is 13.8 Å². The molecule has 0 saturated carbocycles. The van der Waals surface area contributed by atoms with Crippen LogP contribution in [-0.4, -0.2) is 29.6 Å². The molecule has 3 heteroatoms. The molecule has 2 radical (unpaired) electrons. The highest BCUT2D eigenvalue weighted by Crippen LogP contribution is 1.84. The van der Waals surface area contributed by atoms with E-state index in [2.05, 4.69) is 6.58 Å². The van der Waals surface area contributed by atoms with Gasteiger partial charge in [0.1, 0.15) is 0 Å². The highest BCUT2D eigenvalue weighted by atomic mass is 28.2. The second-order valence-corrected chi connectivity index (χ2v) is 3.27. The van der Waals surface area contributed by atoms with Crippen LogP contribution in [0.2, 0.25) is 0 Å². The quantitative estimate of drug-likeness (QED) is 0.427. The average Bonchev–Trinajstić information content (AvgIpc) is 1.87. The van der Waals surface area contributed by atoms with E-state index in [9.17, 15) is 0 Å². The predicted octanol–water partition coefficient (Wildman–Crippen LogP) is 1.19. The lowest BCUT2D eigenvalue weighted by Crippen LogP contribution is -2.07. The molecule has 0 atom stereocenters. The third kappa shape index (κ3) is 7.88. The number of ether oxygens (including phenoxy) is 1. The van der Waals surface area contributed by atoms with Gasteiger partial charge in [0.2, 0.25) is 0 Å². The van der Waals surface area contributed by atoms with Crippen LogP contribution in [-0.2, 0) is 9.16 Å². The molecule has 0 heterocycles. The van der Waals surface area contributed by atoms with Crippen LogP contribution in [0.5, 0.6) is 0 Å². The van der Waals surface area contributed by atoms with Crippen LogP contribution in [0, 0.1) is 0 Å². The van der Waals surface area contributed by atoms with E-state index in [0.29, 0.717) is 23.0 Å². The summed E-state index contributed by atoms with van der Waals surface area (Å²) in [6.07, 6.45) is 0. The Balaban J connectivity index is 2.84. The van der Waals surface area contributed by atoms with Gasteiger partial charge < -0.3 is 9.16 Å². The van der Waals surface area contributed by atoms with Gasteiger partial charge in [-0.3, -0.25) is 0 Å². The lowest BCUT2D eigenvalue weighted by Gasteiger charge is -2.01. The van der Waals surface area contributed by atoms with Crippen LogP contribution in [0.4, 0.5) is 0 Å². The fourth-order valence-corrected chi connectivity index (χ4v) is 0.851. The fraction of sp³-hybridized carbons (Fsp3) is 0.714. The lowest BCUT2D eigenvalue weighted by molar-refractivity contribution is 0.112. The van der Waals surface area contributed by atoms with Crippen LogP contribution in [0.3, 0.4) is 0 Å². The molecule has 0 unspecified atom stereocenters. The van der Waals surface area contributed by atoms with Gasteiger partial charge in [-0.05, 0) is 13.8 Å². The molecular formula is C7H14O2Si. The van der Waals surface area contributed by atoms with Gasteiger partial charge in [0.25, 0.3) is 9.76 Å². The first-order valence-corrected chi connectivity index (χ1v) is 4.29. The largest absolute Gasteiger partial charge is 0.409 e. The van der Waals surface area contributed by atoms with Crippen molar-refractivity contribution in [1.82, 2.24) is 0 Å². The van der Waals surface area contributed by atoms with E-state index in [0.717, 1.165) is 11.8 Å². The third-order valence-electron chi connectivity index (χ3n) is 0.780. The minimum absolute atomic E-state index is 0.425. The number of hydrogen-bond acceptors (Lipinski definition) is 2. The molecule has 10 heavy (non-hydrogen) atoms. The highest BCUT2D eigenvalue weighted by Gasteiger charge is 1.90. The van der Waals surface area contributed by atoms with Crippen LogP contribution in [0.25, 0.3) is 0 Å². The zero-order valence-corrected chi connectivity index (χ0v) is 7.64. The zero-order chi connectivity index (χ0) is 7.82. The molecule has 0 fully saturated rings. The second-order valence-electron chi connectivity index (χ2n) is 1.93. The molecule has 0 aliphatic rings. The molecule has 0 bridgehead atoms. The maximum atomic E-state index is 5.20. The predicted molar refractivity (Wildman–Crippen MR) is 43.0 cm³/mol. The molecule has 0 aliphatic heterocycles. The fourth-order valence-electron chi connectivity index (χ4n) is 0.419.